The van der Waals surface area contributed by atoms with Crippen molar-refractivity contribution in [2.45, 2.75) is 18.7 Å². The van der Waals surface area contributed by atoms with Crippen LogP contribution in [0, 0.1) is 13.8 Å². The maximum atomic E-state index is 11.2. The van der Waals surface area contributed by atoms with Gasteiger partial charge in [-0.25, -0.2) is 9.78 Å². The van der Waals surface area contributed by atoms with Gasteiger partial charge in [0.2, 0.25) is 0 Å². The van der Waals surface area contributed by atoms with Crippen molar-refractivity contribution in [3.8, 4) is 17.0 Å². The highest BCUT2D eigenvalue weighted by molar-refractivity contribution is 7.97. The molecule has 0 saturated carbocycles. The number of rotatable bonds is 8. The fraction of sp³-hybridized carbons (Fsp3) is 0.200. The summed E-state index contributed by atoms with van der Waals surface area (Å²) in [7, 11) is 0. The quantitative estimate of drug-likeness (QED) is 0.442. The lowest BCUT2D eigenvalue weighted by Crippen LogP contribution is -2.14. The number of oxazole rings is 1. The molecule has 0 spiro atoms. The zero-order valence-corrected chi connectivity index (χ0v) is 15.9. The van der Waals surface area contributed by atoms with Crippen molar-refractivity contribution < 1.29 is 19.1 Å². The van der Waals surface area contributed by atoms with E-state index in [0.29, 0.717) is 18.7 Å². The van der Waals surface area contributed by atoms with Crippen LogP contribution in [-0.4, -0.2) is 29.2 Å². The van der Waals surface area contributed by atoms with Crippen molar-refractivity contribution in [1.29, 1.82) is 0 Å². The minimum absolute atomic E-state index is 0.320. The number of ether oxygens (including phenoxy) is 1. The molecule has 0 aliphatic heterocycles. The van der Waals surface area contributed by atoms with Crippen LogP contribution < -0.4 is 9.46 Å². The Labute approximate surface area is 161 Å². The van der Waals surface area contributed by atoms with Gasteiger partial charge in [-0.1, -0.05) is 6.07 Å². The van der Waals surface area contributed by atoms with Crippen LogP contribution in [0.1, 0.15) is 21.5 Å². The van der Waals surface area contributed by atoms with E-state index in [1.54, 1.807) is 19.3 Å². The predicted molar refractivity (Wildman–Crippen MR) is 104 cm³/mol. The highest BCUT2D eigenvalue weighted by atomic mass is 32.2. The average molecular weight is 384 g/mol. The lowest BCUT2D eigenvalue weighted by Gasteiger charge is -2.10. The van der Waals surface area contributed by atoms with E-state index in [1.165, 1.54) is 18.3 Å². The minimum Gasteiger partial charge on any atom is -0.492 e. The number of hydrogen-bond acceptors (Lipinski definition) is 6. The minimum atomic E-state index is -0.914. The molecule has 0 aliphatic carbocycles. The second-order valence-electron chi connectivity index (χ2n) is 5.98. The molecule has 1 heterocycles. The summed E-state index contributed by atoms with van der Waals surface area (Å²) in [6.45, 7) is 4.90. The summed E-state index contributed by atoms with van der Waals surface area (Å²) >= 11 is 1.39. The number of aromatic nitrogens is 1. The van der Waals surface area contributed by atoms with E-state index in [4.69, 9.17) is 14.3 Å². The van der Waals surface area contributed by atoms with Crippen LogP contribution in [0.2, 0.25) is 0 Å². The number of carbonyl (C=O) groups is 1. The third-order valence-electron chi connectivity index (χ3n) is 4.01. The lowest BCUT2D eigenvalue weighted by molar-refractivity contribution is 0.0696. The summed E-state index contributed by atoms with van der Waals surface area (Å²) in [6, 6.07) is 11.2. The van der Waals surface area contributed by atoms with Gasteiger partial charge in [-0.05, 0) is 67.3 Å². The summed E-state index contributed by atoms with van der Waals surface area (Å²) in [4.78, 5) is 16.2. The molecule has 0 unspecified atom stereocenters. The molecule has 0 saturated heterocycles. The van der Waals surface area contributed by atoms with Crippen LogP contribution in [0.4, 0.5) is 0 Å². The molecular weight excluding hydrogens is 364 g/mol. The Morgan fingerprint density at radius 1 is 1.22 bits per heavy atom. The fourth-order valence-corrected chi connectivity index (χ4v) is 3.26. The van der Waals surface area contributed by atoms with Gasteiger partial charge in [0.05, 0.1) is 5.56 Å². The number of hydrogen-bond donors (Lipinski definition) is 2. The van der Waals surface area contributed by atoms with Gasteiger partial charge in [0.1, 0.15) is 24.3 Å². The number of aryl methyl sites for hydroxylation is 2. The molecule has 0 amide bonds. The highest BCUT2D eigenvalue weighted by Gasteiger charge is 2.08. The second-order valence-corrected chi connectivity index (χ2v) is 6.94. The smallest absolute Gasteiger partial charge is 0.335 e. The Bertz CT molecular complexity index is 926. The maximum Gasteiger partial charge on any atom is 0.335 e. The molecule has 2 N–H and O–H groups in total. The number of nitrogens with one attached hydrogen (secondary N) is 1. The van der Waals surface area contributed by atoms with Crippen LogP contribution >= 0.6 is 11.9 Å². The first-order valence-corrected chi connectivity index (χ1v) is 9.22. The standard InChI is InChI=1S/C20H20N2O4S/c1-13-3-5-16(10-18(13)20(23)24)27-22-7-8-26-15-4-6-17(14(2)9-15)19-11-25-12-21-19/h3-6,9-12,22H,7-8H2,1-2H3,(H,23,24). The Balaban J connectivity index is 1.47. The molecule has 0 radical (unpaired) electrons. The molecular formula is C20H20N2O4S. The molecule has 2 aromatic carbocycles. The van der Waals surface area contributed by atoms with E-state index in [0.717, 1.165) is 33.0 Å². The Kier molecular flexibility index (Phi) is 6.16. The van der Waals surface area contributed by atoms with Crippen molar-refractivity contribution in [2.24, 2.45) is 0 Å². The van der Waals surface area contributed by atoms with E-state index in [1.807, 2.05) is 37.3 Å². The number of nitrogens with zero attached hydrogens (tertiary/aromatic N) is 1. The normalized spacial score (nSPS) is 10.7. The van der Waals surface area contributed by atoms with Gasteiger partial charge in [-0.2, -0.15) is 0 Å². The summed E-state index contributed by atoms with van der Waals surface area (Å²) in [5.74, 6) is -0.127. The molecule has 3 rings (SSSR count). The van der Waals surface area contributed by atoms with E-state index in [9.17, 15) is 4.79 Å². The van der Waals surface area contributed by atoms with Crippen molar-refractivity contribution in [3.63, 3.8) is 0 Å². The van der Waals surface area contributed by atoms with Gasteiger partial charge in [0.15, 0.2) is 6.39 Å². The monoisotopic (exact) mass is 384 g/mol. The van der Waals surface area contributed by atoms with Gasteiger partial charge in [-0.15, -0.1) is 0 Å². The first-order valence-electron chi connectivity index (χ1n) is 8.40. The average Bonchev–Trinajstić information content (AvgIpc) is 3.17. The number of aromatic carboxylic acids is 1. The first-order chi connectivity index (χ1) is 13.0. The lowest BCUT2D eigenvalue weighted by atomic mass is 10.1. The molecule has 1 aromatic heterocycles. The zero-order valence-electron chi connectivity index (χ0n) is 15.1. The second kappa shape index (κ2) is 8.75. The third-order valence-corrected chi connectivity index (χ3v) is 4.85. The SMILES string of the molecule is Cc1ccc(SNCCOc2ccc(-c3cocn3)c(C)c2)cc1C(=O)O. The Hall–Kier alpha value is -2.77. The van der Waals surface area contributed by atoms with Crippen molar-refractivity contribution in [2.75, 3.05) is 13.2 Å². The number of benzene rings is 2. The van der Waals surface area contributed by atoms with Crippen LogP contribution in [0.25, 0.3) is 11.3 Å². The maximum absolute atomic E-state index is 11.2. The van der Waals surface area contributed by atoms with Crippen LogP contribution in [0.5, 0.6) is 5.75 Å². The highest BCUT2D eigenvalue weighted by Crippen LogP contribution is 2.25. The van der Waals surface area contributed by atoms with E-state index in [-0.39, 0.29) is 0 Å². The third kappa shape index (κ3) is 4.90. The molecule has 3 aromatic rings. The molecule has 7 heteroatoms. The summed E-state index contributed by atoms with van der Waals surface area (Å²) < 4.78 is 14.0. The van der Waals surface area contributed by atoms with E-state index < -0.39 is 5.97 Å². The van der Waals surface area contributed by atoms with Crippen molar-refractivity contribution >= 4 is 17.9 Å². The van der Waals surface area contributed by atoms with Gasteiger partial charge in [-0.3, -0.25) is 4.72 Å². The molecule has 0 atom stereocenters. The largest absolute Gasteiger partial charge is 0.492 e. The molecule has 6 nitrogen and oxygen atoms in total. The molecule has 0 fully saturated rings. The zero-order chi connectivity index (χ0) is 19.2. The predicted octanol–water partition coefficient (Wildman–Crippen LogP) is 4.33. The Morgan fingerprint density at radius 3 is 2.78 bits per heavy atom. The van der Waals surface area contributed by atoms with Gasteiger partial charge < -0.3 is 14.3 Å². The van der Waals surface area contributed by atoms with Crippen molar-refractivity contribution in [1.82, 2.24) is 9.71 Å². The molecule has 27 heavy (non-hydrogen) atoms. The van der Waals surface area contributed by atoms with Crippen LogP contribution in [-0.2, 0) is 0 Å². The molecule has 0 aliphatic rings. The summed E-state index contributed by atoms with van der Waals surface area (Å²) in [5.41, 5.74) is 3.94. The summed E-state index contributed by atoms with van der Waals surface area (Å²) in [5, 5.41) is 9.17. The van der Waals surface area contributed by atoms with Gasteiger partial charge in [0.25, 0.3) is 0 Å². The van der Waals surface area contributed by atoms with E-state index >= 15 is 0 Å². The van der Waals surface area contributed by atoms with Crippen LogP contribution in [0.15, 0.2) is 58.4 Å². The summed E-state index contributed by atoms with van der Waals surface area (Å²) in [6.07, 6.45) is 3.03. The number of carboxylic acids is 1. The topological polar surface area (TPSA) is 84.6 Å². The van der Waals surface area contributed by atoms with Crippen molar-refractivity contribution in [3.05, 3.63) is 65.7 Å². The Morgan fingerprint density at radius 2 is 2.07 bits per heavy atom. The number of carboxylic acid groups (broad SMARTS) is 1. The molecule has 0 bridgehead atoms. The fourth-order valence-electron chi connectivity index (χ4n) is 2.60. The van der Waals surface area contributed by atoms with Crippen LogP contribution in [0.3, 0.4) is 0 Å². The first kappa shape index (κ1) is 19.0. The van der Waals surface area contributed by atoms with Gasteiger partial charge >= 0.3 is 5.97 Å². The van der Waals surface area contributed by atoms with Gasteiger partial charge in [0, 0.05) is 17.0 Å². The molecule has 140 valence electrons. The van der Waals surface area contributed by atoms with E-state index in [2.05, 4.69) is 9.71 Å².